The molecule has 0 fully saturated rings. The van der Waals surface area contributed by atoms with E-state index in [2.05, 4.69) is 9.71 Å². The summed E-state index contributed by atoms with van der Waals surface area (Å²) in [6.07, 6.45) is 1.37. The summed E-state index contributed by atoms with van der Waals surface area (Å²) in [6.45, 7) is 0. The van der Waals surface area contributed by atoms with Gasteiger partial charge < -0.3 is 5.73 Å². The number of halogens is 3. The van der Waals surface area contributed by atoms with Gasteiger partial charge in [0.05, 0.1) is 16.4 Å². The minimum Gasteiger partial charge on any atom is -0.398 e. The Bertz CT molecular complexity index is 742. The van der Waals surface area contributed by atoms with Crippen molar-refractivity contribution in [3.63, 3.8) is 0 Å². The first-order valence-corrected chi connectivity index (χ1v) is 7.80. The molecule has 0 radical (unpaired) electrons. The molecule has 3 N–H and O–H groups in total. The van der Waals surface area contributed by atoms with Crippen LogP contribution in [0.5, 0.6) is 0 Å². The summed E-state index contributed by atoms with van der Waals surface area (Å²) in [4.78, 5) is 3.51. The van der Waals surface area contributed by atoms with Gasteiger partial charge in [0.25, 0.3) is 10.0 Å². The molecule has 1 aromatic heterocycles. The van der Waals surface area contributed by atoms with E-state index in [1.807, 2.05) is 0 Å². The number of aromatic nitrogens is 1. The van der Waals surface area contributed by atoms with Crippen molar-refractivity contribution >= 4 is 56.2 Å². The van der Waals surface area contributed by atoms with Crippen LogP contribution < -0.4 is 10.5 Å². The summed E-state index contributed by atoms with van der Waals surface area (Å²) in [5, 5.41) is 0.335. The Labute approximate surface area is 130 Å². The van der Waals surface area contributed by atoms with Crippen LogP contribution in [0.25, 0.3) is 0 Å². The maximum absolute atomic E-state index is 12.3. The number of anilines is 2. The third kappa shape index (κ3) is 3.27. The molecule has 0 aliphatic carbocycles. The Morgan fingerprint density at radius 3 is 2.45 bits per heavy atom. The third-order valence-electron chi connectivity index (χ3n) is 2.28. The van der Waals surface area contributed by atoms with Crippen molar-refractivity contribution in [2.45, 2.75) is 4.90 Å². The highest BCUT2D eigenvalue weighted by Crippen LogP contribution is 2.32. The number of nitrogens with zero attached hydrogens (tertiary/aromatic N) is 1. The number of hydrogen-bond acceptors (Lipinski definition) is 4. The zero-order valence-corrected chi connectivity index (χ0v) is 12.9. The standard InChI is InChI=1S/C11H8Cl3N3O2S/c12-6-3-8(13)11(9(15)4-6)20(18,19)17-7-1-2-16-10(14)5-7/h1-5H,15H2,(H,16,17). The number of benzene rings is 1. The molecule has 20 heavy (non-hydrogen) atoms. The van der Waals surface area contributed by atoms with Crippen molar-refractivity contribution in [1.82, 2.24) is 4.98 Å². The summed E-state index contributed by atoms with van der Waals surface area (Å²) in [5.41, 5.74) is 5.87. The normalized spacial score (nSPS) is 11.3. The summed E-state index contributed by atoms with van der Waals surface area (Å²) >= 11 is 17.3. The van der Waals surface area contributed by atoms with Gasteiger partial charge in [-0.2, -0.15) is 0 Å². The molecular formula is C11H8Cl3N3O2S. The van der Waals surface area contributed by atoms with E-state index >= 15 is 0 Å². The molecule has 0 spiro atoms. The van der Waals surface area contributed by atoms with Crippen LogP contribution in [0.2, 0.25) is 15.2 Å². The van der Waals surface area contributed by atoms with Gasteiger partial charge in [-0.15, -0.1) is 0 Å². The second-order valence-corrected chi connectivity index (χ2v) is 6.63. The van der Waals surface area contributed by atoms with Crippen molar-refractivity contribution in [1.29, 1.82) is 0 Å². The van der Waals surface area contributed by atoms with Gasteiger partial charge in [0.1, 0.15) is 10.0 Å². The summed E-state index contributed by atoms with van der Waals surface area (Å²) in [5.74, 6) is 0. The number of nitrogens with two attached hydrogens (primary N) is 1. The van der Waals surface area contributed by atoms with Crippen molar-refractivity contribution < 1.29 is 8.42 Å². The molecule has 0 aliphatic rings. The molecular weight excluding hydrogens is 345 g/mol. The van der Waals surface area contributed by atoms with E-state index in [1.54, 1.807) is 0 Å². The molecule has 1 heterocycles. The van der Waals surface area contributed by atoms with Gasteiger partial charge in [0.2, 0.25) is 0 Å². The van der Waals surface area contributed by atoms with Crippen LogP contribution in [-0.4, -0.2) is 13.4 Å². The fraction of sp³-hybridized carbons (Fsp3) is 0. The number of nitrogens with one attached hydrogen (secondary N) is 1. The van der Waals surface area contributed by atoms with E-state index in [0.29, 0.717) is 0 Å². The van der Waals surface area contributed by atoms with E-state index in [-0.39, 0.29) is 31.5 Å². The number of rotatable bonds is 3. The Kier molecular flexibility index (Phi) is 4.29. The molecule has 5 nitrogen and oxygen atoms in total. The second-order valence-electron chi connectivity index (χ2n) is 3.78. The maximum Gasteiger partial charge on any atom is 0.265 e. The summed E-state index contributed by atoms with van der Waals surface area (Å²) in [6, 6.07) is 5.41. The molecule has 2 rings (SSSR count). The first kappa shape index (κ1) is 15.2. The summed E-state index contributed by atoms with van der Waals surface area (Å²) in [7, 11) is -3.96. The van der Waals surface area contributed by atoms with Gasteiger partial charge in [-0.25, -0.2) is 13.4 Å². The van der Waals surface area contributed by atoms with Gasteiger partial charge >= 0.3 is 0 Å². The maximum atomic E-state index is 12.3. The average molecular weight is 353 g/mol. The first-order valence-electron chi connectivity index (χ1n) is 5.18. The Morgan fingerprint density at radius 1 is 1.15 bits per heavy atom. The van der Waals surface area contributed by atoms with Crippen LogP contribution in [0.15, 0.2) is 35.4 Å². The molecule has 0 aliphatic heterocycles. The van der Waals surface area contributed by atoms with Crippen LogP contribution in [0.4, 0.5) is 11.4 Å². The largest absolute Gasteiger partial charge is 0.398 e. The predicted octanol–water partition coefficient (Wildman–Crippen LogP) is 3.42. The smallest absolute Gasteiger partial charge is 0.265 e. The van der Waals surface area contributed by atoms with Gasteiger partial charge in [0.15, 0.2) is 0 Å². The lowest BCUT2D eigenvalue weighted by Gasteiger charge is -2.12. The molecule has 2 aromatic rings. The van der Waals surface area contributed by atoms with Crippen molar-refractivity contribution in [3.8, 4) is 0 Å². The minimum atomic E-state index is -3.96. The molecule has 0 bridgehead atoms. The van der Waals surface area contributed by atoms with E-state index in [9.17, 15) is 8.42 Å². The highest BCUT2D eigenvalue weighted by Gasteiger charge is 2.22. The van der Waals surface area contributed by atoms with Crippen LogP contribution in [0, 0.1) is 0 Å². The molecule has 0 atom stereocenters. The Morgan fingerprint density at radius 2 is 1.85 bits per heavy atom. The zero-order valence-electron chi connectivity index (χ0n) is 9.77. The van der Waals surface area contributed by atoms with Crippen LogP contribution >= 0.6 is 34.8 Å². The van der Waals surface area contributed by atoms with Gasteiger partial charge in [0, 0.05) is 11.2 Å². The van der Waals surface area contributed by atoms with Gasteiger partial charge in [-0.3, -0.25) is 4.72 Å². The van der Waals surface area contributed by atoms with E-state index in [1.165, 1.54) is 30.5 Å². The highest BCUT2D eigenvalue weighted by molar-refractivity contribution is 7.93. The molecule has 106 valence electrons. The van der Waals surface area contributed by atoms with E-state index < -0.39 is 10.0 Å². The van der Waals surface area contributed by atoms with Gasteiger partial charge in [-0.1, -0.05) is 34.8 Å². The van der Waals surface area contributed by atoms with E-state index in [0.717, 1.165) is 0 Å². The topological polar surface area (TPSA) is 85.1 Å². The lowest BCUT2D eigenvalue weighted by atomic mass is 10.3. The highest BCUT2D eigenvalue weighted by atomic mass is 35.5. The molecule has 9 heteroatoms. The lowest BCUT2D eigenvalue weighted by Crippen LogP contribution is -2.15. The van der Waals surface area contributed by atoms with E-state index in [4.69, 9.17) is 40.5 Å². The third-order valence-corrected chi connectivity index (χ3v) is 4.62. The van der Waals surface area contributed by atoms with Gasteiger partial charge in [-0.05, 0) is 24.3 Å². The predicted molar refractivity (Wildman–Crippen MR) is 80.9 cm³/mol. The van der Waals surface area contributed by atoms with Crippen molar-refractivity contribution in [2.24, 2.45) is 0 Å². The van der Waals surface area contributed by atoms with Crippen molar-refractivity contribution in [3.05, 3.63) is 45.7 Å². The molecule has 0 amide bonds. The number of sulfonamides is 1. The quantitative estimate of drug-likeness (QED) is 0.654. The monoisotopic (exact) mass is 351 g/mol. The average Bonchev–Trinajstić information content (AvgIpc) is 2.25. The van der Waals surface area contributed by atoms with Crippen LogP contribution in [-0.2, 0) is 10.0 Å². The fourth-order valence-corrected chi connectivity index (χ4v) is 3.75. The number of pyridine rings is 1. The second kappa shape index (κ2) is 5.65. The van der Waals surface area contributed by atoms with Crippen LogP contribution in [0.3, 0.4) is 0 Å². The molecule has 0 saturated carbocycles. The lowest BCUT2D eigenvalue weighted by molar-refractivity contribution is 0.601. The number of hydrogen-bond donors (Lipinski definition) is 2. The SMILES string of the molecule is Nc1cc(Cl)cc(Cl)c1S(=O)(=O)Nc1ccnc(Cl)c1. The molecule has 1 aromatic carbocycles. The Hall–Kier alpha value is -1.21. The van der Waals surface area contributed by atoms with Crippen molar-refractivity contribution in [2.75, 3.05) is 10.5 Å². The van der Waals surface area contributed by atoms with Crippen LogP contribution in [0.1, 0.15) is 0 Å². The fourth-order valence-electron chi connectivity index (χ4n) is 1.54. The Balaban J connectivity index is 2.46. The zero-order chi connectivity index (χ0) is 14.9. The first-order chi connectivity index (χ1) is 9.29. The minimum absolute atomic E-state index is 0.0462. The molecule has 0 saturated heterocycles. The summed E-state index contributed by atoms with van der Waals surface area (Å²) < 4.78 is 26.9. The number of nitrogen functional groups attached to an aromatic ring is 1. The molecule has 0 unspecified atom stereocenters.